The van der Waals surface area contributed by atoms with Gasteiger partial charge in [0, 0.05) is 31.5 Å². The Morgan fingerprint density at radius 2 is 1.77 bits per heavy atom. The lowest BCUT2D eigenvalue weighted by atomic mass is 10.2. The van der Waals surface area contributed by atoms with Gasteiger partial charge in [0.25, 0.3) is 0 Å². The monoisotopic (exact) mass is 438 g/mol. The second-order valence-electron chi connectivity index (χ2n) is 6.38. The van der Waals surface area contributed by atoms with Crippen molar-refractivity contribution in [3.05, 3.63) is 53.8 Å². The van der Waals surface area contributed by atoms with Crippen LogP contribution < -0.4 is 10.1 Å². The third-order valence-corrected chi connectivity index (χ3v) is 5.91. The summed E-state index contributed by atoms with van der Waals surface area (Å²) in [6.45, 7) is 1.37. The Hall–Kier alpha value is -2.82. The minimum absolute atomic E-state index is 0.0127. The maximum atomic E-state index is 14.0. The number of hydrogen-bond donors (Lipinski definition) is 1. The van der Waals surface area contributed by atoms with Gasteiger partial charge in [-0.15, -0.1) is 0 Å². The third kappa shape index (κ3) is 6.09. The summed E-state index contributed by atoms with van der Waals surface area (Å²) in [5, 5.41) is 2.45. The summed E-state index contributed by atoms with van der Waals surface area (Å²) in [6.07, 6.45) is 0. The number of ketones is 1. The van der Waals surface area contributed by atoms with E-state index in [2.05, 4.69) is 5.32 Å². The first-order valence-electron chi connectivity index (χ1n) is 8.93. The van der Waals surface area contributed by atoms with Crippen LogP contribution in [0.4, 0.5) is 10.1 Å². The first-order chi connectivity index (χ1) is 14.1. The lowest BCUT2D eigenvalue weighted by molar-refractivity contribution is -0.116. The van der Waals surface area contributed by atoms with Crippen LogP contribution in [0.3, 0.4) is 0 Å². The number of likely N-dealkylation sites (N-methyl/N-ethyl adjacent to an activating group) is 1. The van der Waals surface area contributed by atoms with Gasteiger partial charge < -0.3 is 14.8 Å². The standard InChI is InChI=1S/C20H23FN2O6S/c1-14(24)15-4-7-17(8-5-15)30(26,27)23(2)13-20(25)22-16-6-9-19(18(21)12-16)29-11-10-28-3/h4-9,12H,10-11,13H2,1-3H3,(H,22,25). The van der Waals surface area contributed by atoms with E-state index in [1.807, 2.05) is 0 Å². The fourth-order valence-electron chi connectivity index (χ4n) is 2.46. The average Bonchev–Trinajstić information content (AvgIpc) is 2.69. The summed E-state index contributed by atoms with van der Waals surface area (Å²) in [5.41, 5.74) is 0.541. The summed E-state index contributed by atoms with van der Waals surface area (Å²) in [6, 6.07) is 9.30. The number of carbonyl (C=O) groups excluding carboxylic acids is 2. The summed E-state index contributed by atoms with van der Waals surface area (Å²) in [5.74, 6) is -1.49. The van der Waals surface area contributed by atoms with Crippen molar-refractivity contribution in [2.75, 3.05) is 39.2 Å². The minimum atomic E-state index is -3.94. The van der Waals surface area contributed by atoms with Crippen LogP contribution in [0.2, 0.25) is 0 Å². The van der Waals surface area contributed by atoms with Gasteiger partial charge in [-0.2, -0.15) is 4.31 Å². The van der Waals surface area contributed by atoms with Crippen molar-refractivity contribution in [2.45, 2.75) is 11.8 Å². The Bertz CT molecular complexity index is 1010. The number of ether oxygens (including phenoxy) is 2. The molecule has 0 aliphatic carbocycles. The fraction of sp³-hybridized carbons (Fsp3) is 0.300. The molecular weight excluding hydrogens is 415 g/mol. The Morgan fingerprint density at radius 3 is 2.33 bits per heavy atom. The number of rotatable bonds is 10. The highest BCUT2D eigenvalue weighted by molar-refractivity contribution is 7.89. The fourth-order valence-corrected chi connectivity index (χ4v) is 3.59. The van der Waals surface area contributed by atoms with Gasteiger partial charge in [-0.25, -0.2) is 12.8 Å². The van der Waals surface area contributed by atoms with Crippen molar-refractivity contribution in [3.8, 4) is 5.75 Å². The molecule has 0 spiro atoms. The van der Waals surface area contributed by atoms with Crippen LogP contribution in [0.1, 0.15) is 17.3 Å². The van der Waals surface area contributed by atoms with Crippen LogP contribution in [-0.2, 0) is 19.6 Å². The Morgan fingerprint density at radius 1 is 1.10 bits per heavy atom. The van der Waals surface area contributed by atoms with Crippen LogP contribution >= 0.6 is 0 Å². The molecule has 0 saturated carbocycles. The predicted octanol–water partition coefficient (Wildman–Crippen LogP) is 2.31. The van der Waals surface area contributed by atoms with E-state index in [4.69, 9.17) is 9.47 Å². The van der Waals surface area contributed by atoms with Crippen LogP contribution in [0.25, 0.3) is 0 Å². The number of anilines is 1. The van der Waals surface area contributed by atoms with Crippen molar-refractivity contribution in [2.24, 2.45) is 0 Å². The number of carbonyl (C=O) groups is 2. The third-order valence-electron chi connectivity index (χ3n) is 4.10. The summed E-state index contributed by atoms with van der Waals surface area (Å²) < 4.78 is 50.1. The van der Waals surface area contributed by atoms with Gasteiger partial charge in [-0.1, -0.05) is 12.1 Å². The van der Waals surface area contributed by atoms with E-state index in [1.54, 1.807) is 0 Å². The van der Waals surface area contributed by atoms with Crippen LogP contribution in [-0.4, -0.2) is 58.3 Å². The smallest absolute Gasteiger partial charge is 0.243 e. The van der Waals surface area contributed by atoms with Gasteiger partial charge in [0.15, 0.2) is 17.3 Å². The van der Waals surface area contributed by atoms with Crippen LogP contribution in [0.5, 0.6) is 5.75 Å². The molecule has 162 valence electrons. The Labute approximate surface area is 174 Å². The molecule has 0 saturated heterocycles. The molecule has 2 aromatic carbocycles. The molecule has 0 heterocycles. The van der Waals surface area contributed by atoms with E-state index in [-0.39, 0.29) is 28.7 Å². The second-order valence-corrected chi connectivity index (χ2v) is 8.42. The lowest BCUT2D eigenvalue weighted by Crippen LogP contribution is -2.35. The molecule has 1 N–H and O–H groups in total. The van der Waals surface area contributed by atoms with E-state index < -0.39 is 28.3 Å². The number of nitrogens with zero attached hydrogens (tertiary/aromatic N) is 1. The minimum Gasteiger partial charge on any atom is -0.488 e. The van der Waals surface area contributed by atoms with E-state index in [9.17, 15) is 22.4 Å². The topological polar surface area (TPSA) is 102 Å². The highest BCUT2D eigenvalue weighted by atomic mass is 32.2. The average molecular weight is 438 g/mol. The highest BCUT2D eigenvalue weighted by Crippen LogP contribution is 2.21. The van der Waals surface area contributed by atoms with Crippen molar-refractivity contribution in [1.29, 1.82) is 0 Å². The number of Topliss-reactive ketones (excluding diaryl/α,β-unsaturated/α-hetero) is 1. The van der Waals surface area contributed by atoms with Gasteiger partial charge in [-0.3, -0.25) is 9.59 Å². The number of benzene rings is 2. The van der Waals surface area contributed by atoms with Crippen molar-refractivity contribution in [3.63, 3.8) is 0 Å². The highest BCUT2D eigenvalue weighted by Gasteiger charge is 2.23. The van der Waals surface area contributed by atoms with E-state index in [0.717, 1.165) is 10.4 Å². The molecule has 30 heavy (non-hydrogen) atoms. The number of hydrogen-bond acceptors (Lipinski definition) is 6. The van der Waals surface area contributed by atoms with Crippen LogP contribution in [0.15, 0.2) is 47.4 Å². The zero-order chi connectivity index (χ0) is 22.3. The number of halogens is 1. The van der Waals surface area contributed by atoms with Gasteiger partial charge in [0.05, 0.1) is 18.0 Å². The molecule has 0 atom stereocenters. The molecular formula is C20H23FN2O6S. The van der Waals surface area contributed by atoms with Gasteiger partial charge in [0.2, 0.25) is 15.9 Å². The first-order valence-corrected chi connectivity index (χ1v) is 10.4. The number of amides is 1. The molecule has 2 aromatic rings. The molecule has 1 amide bonds. The van der Waals surface area contributed by atoms with Gasteiger partial charge in [-0.05, 0) is 31.2 Å². The first kappa shape index (κ1) is 23.5. The van der Waals surface area contributed by atoms with Crippen molar-refractivity contribution < 1.29 is 31.9 Å². The maximum absolute atomic E-state index is 14.0. The summed E-state index contributed by atoms with van der Waals surface area (Å²) in [7, 11) is -1.19. The Balaban J connectivity index is 2.01. The number of methoxy groups -OCH3 is 1. The molecule has 0 fully saturated rings. The Kier molecular flexibility index (Phi) is 8.04. The molecule has 0 aliphatic heterocycles. The summed E-state index contributed by atoms with van der Waals surface area (Å²) >= 11 is 0. The molecule has 10 heteroatoms. The zero-order valence-corrected chi connectivity index (χ0v) is 17.7. The van der Waals surface area contributed by atoms with E-state index >= 15 is 0 Å². The molecule has 0 aromatic heterocycles. The maximum Gasteiger partial charge on any atom is 0.243 e. The molecule has 2 rings (SSSR count). The van der Waals surface area contributed by atoms with Crippen molar-refractivity contribution >= 4 is 27.4 Å². The lowest BCUT2D eigenvalue weighted by Gasteiger charge is -2.17. The predicted molar refractivity (Wildman–Crippen MR) is 109 cm³/mol. The van der Waals surface area contributed by atoms with Crippen molar-refractivity contribution in [1.82, 2.24) is 4.31 Å². The molecule has 0 unspecified atom stereocenters. The second kappa shape index (κ2) is 10.3. The van der Waals surface area contributed by atoms with Crippen LogP contribution in [0, 0.1) is 5.82 Å². The quantitative estimate of drug-likeness (QED) is 0.451. The normalized spacial score (nSPS) is 11.4. The summed E-state index contributed by atoms with van der Waals surface area (Å²) in [4.78, 5) is 23.5. The van der Waals surface area contributed by atoms with E-state index in [1.165, 1.54) is 57.5 Å². The van der Waals surface area contributed by atoms with Gasteiger partial charge >= 0.3 is 0 Å². The van der Waals surface area contributed by atoms with Gasteiger partial charge in [0.1, 0.15) is 6.61 Å². The zero-order valence-electron chi connectivity index (χ0n) is 16.8. The molecule has 0 radical (unpaired) electrons. The number of nitrogens with one attached hydrogen (secondary N) is 1. The molecule has 0 aliphatic rings. The number of sulfonamides is 1. The SMILES string of the molecule is COCCOc1ccc(NC(=O)CN(C)S(=O)(=O)c2ccc(C(C)=O)cc2)cc1F. The van der Waals surface area contributed by atoms with E-state index in [0.29, 0.717) is 12.2 Å². The molecule has 0 bridgehead atoms. The molecule has 8 nitrogen and oxygen atoms in total. The largest absolute Gasteiger partial charge is 0.488 e.